The lowest BCUT2D eigenvalue weighted by Gasteiger charge is -2.10. The average molecular weight is 287 g/mol. The third-order valence-electron chi connectivity index (χ3n) is 3.12. The molecule has 0 atom stereocenters. The number of hydrogen-bond donors (Lipinski definition) is 0. The minimum atomic E-state index is -0.512. The molecule has 108 valence electrons. The van der Waals surface area contributed by atoms with Gasteiger partial charge in [0.15, 0.2) is 0 Å². The van der Waals surface area contributed by atoms with Crippen LogP contribution in [-0.4, -0.2) is 9.13 Å². The molecule has 0 amide bonds. The minimum absolute atomic E-state index is 0.122. The maximum Gasteiger partial charge on any atom is 0.331 e. The Kier molecular flexibility index (Phi) is 4.33. The molecule has 5 nitrogen and oxygen atoms in total. The van der Waals surface area contributed by atoms with Crippen LogP contribution in [0.5, 0.6) is 0 Å². The Morgan fingerprint density at radius 2 is 2.05 bits per heavy atom. The van der Waals surface area contributed by atoms with Crippen LogP contribution in [0.1, 0.15) is 24.5 Å². The van der Waals surface area contributed by atoms with Crippen molar-refractivity contribution in [2.24, 2.45) is 0 Å². The van der Waals surface area contributed by atoms with Crippen LogP contribution in [0.4, 0.5) is 4.39 Å². The molecule has 0 fully saturated rings. The molecule has 6 heteroatoms. The van der Waals surface area contributed by atoms with E-state index in [0.29, 0.717) is 12.1 Å². The minimum Gasteiger partial charge on any atom is -0.300 e. The summed E-state index contributed by atoms with van der Waals surface area (Å²) in [6.45, 7) is 2.29. The number of nitrogens with zero attached hydrogens (tertiary/aromatic N) is 3. The smallest absolute Gasteiger partial charge is 0.300 e. The van der Waals surface area contributed by atoms with Crippen LogP contribution in [0.3, 0.4) is 0 Å². The SMILES string of the molecule is CCCn1ccc(=O)n(Cc2cc(F)ccc2C#N)c1=O. The highest BCUT2D eigenvalue weighted by Crippen LogP contribution is 2.10. The van der Waals surface area contributed by atoms with Gasteiger partial charge in [0.25, 0.3) is 5.56 Å². The highest BCUT2D eigenvalue weighted by atomic mass is 19.1. The van der Waals surface area contributed by atoms with Gasteiger partial charge in [-0.25, -0.2) is 9.18 Å². The van der Waals surface area contributed by atoms with E-state index in [1.807, 2.05) is 13.0 Å². The molecule has 0 bridgehead atoms. The van der Waals surface area contributed by atoms with Gasteiger partial charge in [-0.2, -0.15) is 5.26 Å². The summed E-state index contributed by atoms with van der Waals surface area (Å²) >= 11 is 0. The van der Waals surface area contributed by atoms with Gasteiger partial charge in [-0.3, -0.25) is 9.36 Å². The summed E-state index contributed by atoms with van der Waals surface area (Å²) < 4.78 is 15.7. The molecule has 1 heterocycles. The van der Waals surface area contributed by atoms with Gasteiger partial charge in [-0.05, 0) is 30.2 Å². The monoisotopic (exact) mass is 287 g/mol. The second-order valence-electron chi connectivity index (χ2n) is 4.63. The molecule has 1 aromatic carbocycles. The molecule has 1 aromatic heterocycles. The molecular formula is C15H14FN3O2. The van der Waals surface area contributed by atoms with Gasteiger partial charge in [0.05, 0.1) is 18.2 Å². The Hall–Kier alpha value is -2.68. The Morgan fingerprint density at radius 1 is 1.29 bits per heavy atom. The first-order valence-corrected chi connectivity index (χ1v) is 6.55. The lowest BCUT2D eigenvalue weighted by molar-refractivity contribution is 0.567. The lowest BCUT2D eigenvalue weighted by Crippen LogP contribution is -2.39. The van der Waals surface area contributed by atoms with Crippen molar-refractivity contribution in [2.45, 2.75) is 26.4 Å². The first kappa shape index (κ1) is 14.7. The van der Waals surface area contributed by atoms with Crippen LogP contribution in [0.15, 0.2) is 40.1 Å². The Morgan fingerprint density at radius 3 is 2.71 bits per heavy atom. The van der Waals surface area contributed by atoms with Crippen LogP contribution in [0.2, 0.25) is 0 Å². The van der Waals surface area contributed by atoms with E-state index in [1.165, 1.54) is 35.0 Å². The summed E-state index contributed by atoms with van der Waals surface area (Å²) in [6, 6.07) is 6.90. The van der Waals surface area contributed by atoms with Gasteiger partial charge in [0.2, 0.25) is 0 Å². The zero-order chi connectivity index (χ0) is 15.4. The third-order valence-corrected chi connectivity index (χ3v) is 3.12. The largest absolute Gasteiger partial charge is 0.331 e. The number of aryl methyl sites for hydroxylation is 1. The standard InChI is InChI=1S/C15H14FN3O2/c1-2-6-18-7-5-14(20)19(15(18)21)10-12-8-13(16)4-3-11(12)9-17/h3-5,7-8H,2,6,10H2,1H3. The number of halogens is 1. The van der Waals surface area contributed by atoms with E-state index in [1.54, 1.807) is 0 Å². The highest BCUT2D eigenvalue weighted by Gasteiger charge is 2.09. The normalized spacial score (nSPS) is 10.3. The first-order chi connectivity index (χ1) is 10.1. The van der Waals surface area contributed by atoms with Crippen molar-refractivity contribution < 1.29 is 4.39 Å². The van der Waals surface area contributed by atoms with Gasteiger partial charge in [0.1, 0.15) is 5.82 Å². The molecule has 2 rings (SSSR count). The second kappa shape index (κ2) is 6.18. The molecular weight excluding hydrogens is 273 g/mol. The lowest BCUT2D eigenvalue weighted by atomic mass is 10.1. The summed E-state index contributed by atoms with van der Waals surface area (Å²) in [7, 11) is 0. The van der Waals surface area contributed by atoms with Crippen LogP contribution >= 0.6 is 0 Å². The zero-order valence-electron chi connectivity index (χ0n) is 11.5. The van der Waals surface area contributed by atoms with E-state index < -0.39 is 17.1 Å². The molecule has 21 heavy (non-hydrogen) atoms. The second-order valence-corrected chi connectivity index (χ2v) is 4.63. The summed E-state index contributed by atoms with van der Waals surface area (Å²) in [4.78, 5) is 24.1. The van der Waals surface area contributed by atoms with Gasteiger partial charge in [-0.15, -0.1) is 0 Å². The third kappa shape index (κ3) is 3.08. The number of benzene rings is 1. The van der Waals surface area contributed by atoms with E-state index >= 15 is 0 Å². The van der Waals surface area contributed by atoms with Crippen molar-refractivity contribution >= 4 is 0 Å². The van der Waals surface area contributed by atoms with Crippen molar-refractivity contribution in [3.63, 3.8) is 0 Å². The molecule has 0 unspecified atom stereocenters. The highest BCUT2D eigenvalue weighted by molar-refractivity contribution is 5.37. The molecule has 0 N–H and O–H groups in total. The predicted octanol–water partition coefficient (Wildman–Crippen LogP) is 1.48. The van der Waals surface area contributed by atoms with E-state index in [0.717, 1.165) is 11.0 Å². The molecule has 0 spiro atoms. The predicted molar refractivity (Wildman–Crippen MR) is 75.5 cm³/mol. The fourth-order valence-corrected chi connectivity index (χ4v) is 2.09. The summed E-state index contributed by atoms with van der Waals surface area (Å²) in [6.07, 6.45) is 2.20. The fourth-order valence-electron chi connectivity index (χ4n) is 2.09. The Labute approximate surface area is 120 Å². The van der Waals surface area contributed by atoms with E-state index in [4.69, 9.17) is 5.26 Å². The summed E-state index contributed by atoms with van der Waals surface area (Å²) in [5, 5.41) is 9.02. The molecule has 2 aromatic rings. The molecule has 0 aliphatic rings. The van der Waals surface area contributed by atoms with E-state index in [9.17, 15) is 14.0 Å². The van der Waals surface area contributed by atoms with Crippen LogP contribution < -0.4 is 11.2 Å². The molecule has 0 saturated carbocycles. The van der Waals surface area contributed by atoms with Gasteiger partial charge in [-0.1, -0.05) is 6.92 Å². The zero-order valence-corrected chi connectivity index (χ0v) is 11.5. The Bertz CT molecular complexity index is 815. The molecule has 0 saturated heterocycles. The molecule has 0 aliphatic carbocycles. The van der Waals surface area contributed by atoms with E-state index in [-0.39, 0.29) is 12.1 Å². The fraction of sp³-hybridized carbons (Fsp3) is 0.267. The van der Waals surface area contributed by atoms with Crippen molar-refractivity contribution in [1.29, 1.82) is 5.26 Å². The molecule has 0 aliphatic heterocycles. The van der Waals surface area contributed by atoms with Crippen LogP contribution in [-0.2, 0) is 13.1 Å². The first-order valence-electron chi connectivity index (χ1n) is 6.55. The Balaban J connectivity index is 2.52. The summed E-state index contributed by atoms with van der Waals surface area (Å²) in [5.41, 5.74) is -0.377. The number of nitriles is 1. The number of hydrogen-bond acceptors (Lipinski definition) is 3. The maximum absolute atomic E-state index is 13.3. The quantitative estimate of drug-likeness (QED) is 0.855. The van der Waals surface area contributed by atoms with Crippen molar-refractivity contribution in [3.8, 4) is 6.07 Å². The maximum atomic E-state index is 13.3. The van der Waals surface area contributed by atoms with E-state index in [2.05, 4.69) is 0 Å². The van der Waals surface area contributed by atoms with Gasteiger partial charge in [0, 0.05) is 18.8 Å². The van der Waals surface area contributed by atoms with Gasteiger partial charge >= 0.3 is 5.69 Å². The average Bonchev–Trinajstić information content (AvgIpc) is 2.47. The number of aromatic nitrogens is 2. The van der Waals surface area contributed by atoms with Crippen molar-refractivity contribution in [3.05, 3.63) is 68.2 Å². The topological polar surface area (TPSA) is 67.8 Å². The van der Waals surface area contributed by atoms with Crippen molar-refractivity contribution in [1.82, 2.24) is 9.13 Å². The van der Waals surface area contributed by atoms with Crippen LogP contribution in [0, 0.1) is 17.1 Å². The van der Waals surface area contributed by atoms with Gasteiger partial charge < -0.3 is 4.57 Å². The van der Waals surface area contributed by atoms with Crippen LogP contribution in [0.25, 0.3) is 0 Å². The van der Waals surface area contributed by atoms with Crippen molar-refractivity contribution in [2.75, 3.05) is 0 Å². The summed E-state index contributed by atoms with van der Waals surface area (Å²) in [5.74, 6) is -0.512. The number of rotatable bonds is 4. The molecule has 0 radical (unpaired) electrons.